The molecule has 0 amide bonds. The molecule has 0 saturated carbocycles. The van der Waals surface area contributed by atoms with Gasteiger partial charge in [0.15, 0.2) is 0 Å². The molecule has 37 heavy (non-hydrogen) atoms. The Morgan fingerprint density at radius 3 is 1.97 bits per heavy atom. The molecule has 0 spiro atoms. The van der Waals surface area contributed by atoms with E-state index in [9.17, 15) is 14.7 Å². The maximum atomic E-state index is 11.8. The lowest BCUT2D eigenvalue weighted by molar-refractivity contribution is -0.152. The average Bonchev–Trinajstić information content (AvgIpc) is 3.64. The van der Waals surface area contributed by atoms with Gasteiger partial charge in [0.2, 0.25) is 0 Å². The predicted octanol–water partition coefficient (Wildman–Crippen LogP) is 7.15. The molecule has 0 aromatic heterocycles. The number of allylic oxidation sites excluding steroid dienone is 5. The molecule has 6 heteroatoms. The van der Waals surface area contributed by atoms with Crippen molar-refractivity contribution in [1.82, 2.24) is 0 Å². The van der Waals surface area contributed by atoms with Crippen molar-refractivity contribution in [3.63, 3.8) is 0 Å². The summed E-state index contributed by atoms with van der Waals surface area (Å²) in [5.41, 5.74) is 0. The molecule has 3 atom stereocenters. The van der Waals surface area contributed by atoms with Gasteiger partial charge in [-0.1, -0.05) is 95.2 Å². The first kappa shape index (κ1) is 33.1. The van der Waals surface area contributed by atoms with Crippen LogP contribution >= 0.6 is 0 Å². The van der Waals surface area contributed by atoms with E-state index in [4.69, 9.17) is 14.2 Å². The lowest BCUT2D eigenvalue weighted by Gasteiger charge is -2.12. The average molecular weight is 521 g/mol. The molecular weight excluding hydrogens is 468 g/mol. The molecular formula is C31H52O6. The van der Waals surface area contributed by atoms with E-state index in [0.29, 0.717) is 31.5 Å². The zero-order valence-corrected chi connectivity index (χ0v) is 23.4. The minimum absolute atomic E-state index is 0.137. The number of unbranched alkanes of at least 4 members (excludes halogenated alkanes) is 7. The minimum Gasteiger partial charge on any atom is -0.463 e. The Hall–Kier alpha value is -1.92. The lowest BCUT2D eigenvalue weighted by Crippen LogP contribution is -2.25. The van der Waals surface area contributed by atoms with Crippen molar-refractivity contribution < 1.29 is 28.9 Å². The monoisotopic (exact) mass is 520 g/mol. The van der Waals surface area contributed by atoms with E-state index in [-0.39, 0.29) is 25.2 Å². The molecule has 212 valence electrons. The number of aliphatic hydroxyl groups excluding tert-OH is 1. The summed E-state index contributed by atoms with van der Waals surface area (Å²) in [4.78, 5) is 23.5. The molecule has 1 aliphatic heterocycles. The van der Waals surface area contributed by atoms with Crippen LogP contribution in [0, 0.1) is 0 Å². The molecule has 0 radical (unpaired) electrons. The molecule has 1 N–H and O–H groups in total. The van der Waals surface area contributed by atoms with Gasteiger partial charge in [-0.25, -0.2) is 0 Å². The van der Waals surface area contributed by atoms with Gasteiger partial charge in [0.1, 0.15) is 19.3 Å². The third-order valence-corrected chi connectivity index (χ3v) is 6.30. The van der Waals surface area contributed by atoms with Crippen LogP contribution in [-0.2, 0) is 23.8 Å². The van der Waals surface area contributed by atoms with Gasteiger partial charge in [0.25, 0.3) is 0 Å². The van der Waals surface area contributed by atoms with Gasteiger partial charge in [-0.3, -0.25) is 9.59 Å². The summed E-state index contributed by atoms with van der Waals surface area (Å²) in [5, 5.41) is 9.84. The first-order chi connectivity index (χ1) is 18.1. The maximum absolute atomic E-state index is 11.8. The van der Waals surface area contributed by atoms with Gasteiger partial charge >= 0.3 is 11.9 Å². The molecule has 1 heterocycles. The van der Waals surface area contributed by atoms with Gasteiger partial charge in [-0.15, -0.1) is 0 Å². The van der Waals surface area contributed by atoms with Crippen molar-refractivity contribution in [3.05, 3.63) is 36.5 Å². The Morgan fingerprint density at radius 1 is 0.730 bits per heavy atom. The maximum Gasteiger partial charge on any atom is 0.305 e. The highest BCUT2D eigenvalue weighted by Gasteiger charge is 2.36. The fourth-order valence-corrected chi connectivity index (χ4v) is 3.93. The number of hydrogen-bond acceptors (Lipinski definition) is 6. The van der Waals surface area contributed by atoms with Crippen LogP contribution in [0.25, 0.3) is 0 Å². The van der Waals surface area contributed by atoms with Crippen LogP contribution in [0.1, 0.15) is 117 Å². The SMILES string of the molecule is CCCCCCCC(=O)OC[C@@H](O)COC(=O)CCC/C=C\C/C=C\C/C=C\CC1OC1CCCCC. The van der Waals surface area contributed by atoms with E-state index >= 15 is 0 Å². The number of rotatable bonds is 24. The number of aliphatic hydroxyl groups is 1. The van der Waals surface area contributed by atoms with Crippen molar-refractivity contribution in [3.8, 4) is 0 Å². The van der Waals surface area contributed by atoms with E-state index < -0.39 is 6.10 Å². The summed E-state index contributed by atoms with van der Waals surface area (Å²) in [5.74, 6) is -0.653. The van der Waals surface area contributed by atoms with Crippen LogP contribution < -0.4 is 0 Å². The van der Waals surface area contributed by atoms with Crippen LogP contribution in [0.2, 0.25) is 0 Å². The van der Waals surface area contributed by atoms with E-state index in [0.717, 1.165) is 44.9 Å². The molecule has 0 aromatic carbocycles. The lowest BCUT2D eigenvalue weighted by atomic mass is 10.1. The number of hydrogen-bond donors (Lipinski definition) is 1. The highest BCUT2D eigenvalue weighted by Crippen LogP contribution is 2.30. The van der Waals surface area contributed by atoms with Gasteiger partial charge in [-0.2, -0.15) is 0 Å². The van der Waals surface area contributed by atoms with Crippen molar-refractivity contribution in [2.75, 3.05) is 13.2 Å². The fraction of sp³-hybridized carbons (Fsp3) is 0.742. The second kappa shape index (κ2) is 23.2. The Kier molecular flexibility index (Phi) is 20.8. The summed E-state index contributed by atoms with van der Waals surface area (Å²) in [6, 6.07) is 0. The van der Waals surface area contributed by atoms with Gasteiger partial charge < -0.3 is 19.3 Å². The number of epoxide rings is 1. The van der Waals surface area contributed by atoms with Crippen LogP contribution in [0.4, 0.5) is 0 Å². The Balaban J connectivity index is 1.92. The summed E-state index contributed by atoms with van der Waals surface area (Å²) >= 11 is 0. The van der Waals surface area contributed by atoms with Crippen molar-refractivity contribution in [2.45, 2.75) is 135 Å². The standard InChI is InChI=1S/C31H52O6/c1-3-5-7-14-19-23-30(33)35-25-27(32)26-36-31(34)24-20-16-13-11-9-8-10-12-15-18-22-29-28(37-29)21-17-6-4-2/h8,10-11,13,15,18,27-29,32H,3-7,9,12,14,16-17,19-26H2,1-2H3/b10-8-,13-11-,18-15-/t27-,28?,29?/m1/s1. The predicted molar refractivity (Wildman–Crippen MR) is 149 cm³/mol. The molecule has 0 aliphatic carbocycles. The summed E-state index contributed by atoms with van der Waals surface area (Å²) in [7, 11) is 0. The number of ether oxygens (including phenoxy) is 3. The zero-order valence-electron chi connectivity index (χ0n) is 23.4. The second-order valence-corrected chi connectivity index (χ2v) is 9.91. The van der Waals surface area contributed by atoms with Gasteiger partial charge in [-0.05, 0) is 44.9 Å². The van der Waals surface area contributed by atoms with Crippen molar-refractivity contribution in [2.24, 2.45) is 0 Å². The molecule has 1 fully saturated rings. The molecule has 6 nitrogen and oxygen atoms in total. The van der Waals surface area contributed by atoms with E-state index in [2.05, 4.69) is 50.3 Å². The summed E-state index contributed by atoms with van der Waals surface area (Å²) in [6.07, 6.45) is 28.3. The largest absolute Gasteiger partial charge is 0.463 e. The molecule has 2 unspecified atom stereocenters. The number of esters is 2. The van der Waals surface area contributed by atoms with E-state index in [1.54, 1.807) is 0 Å². The van der Waals surface area contributed by atoms with E-state index in [1.165, 1.54) is 38.5 Å². The topological polar surface area (TPSA) is 85.4 Å². The Labute approximate surface area is 225 Å². The Morgan fingerprint density at radius 2 is 1.30 bits per heavy atom. The third-order valence-electron chi connectivity index (χ3n) is 6.30. The molecule has 1 rings (SSSR count). The molecule has 1 aliphatic rings. The van der Waals surface area contributed by atoms with Crippen LogP contribution in [-0.4, -0.2) is 48.6 Å². The zero-order chi connectivity index (χ0) is 27.0. The first-order valence-electron chi connectivity index (χ1n) is 14.7. The van der Waals surface area contributed by atoms with Crippen LogP contribution in [0.5, 0.6) is 0 Å². The normalized spacial score (nSPS) is 18.1. The van der Waals surface area contributed by atoms with Crippen LogP contribution in [0.15, 0.2) is 36.5 Å². The van der Waals surface area contributed by atoms with Gasteiger partial charge in [0, 0.05) is 12.8 Å². The quantitative estimate of drug-likeness (QED) is 0.0629. The van der Waals surface area contributed by atoms with Gasteiger partial charge in [0.05, 0.1) is 12.2 Å². The van der Waals surface area contributed by atoms with Crippen molar-refractivity contribution in [1.29, 1.82) is 0 Å². The first-order valence-corrected chi connectivity index (χ1v) is 14.7. The third kappa shape index (κ3) is 20.8. The Bertz CT molecular complexity index is 669. The number of carbonyl (C=O) groups is 2. The van der Waals surface area contributed by atoms with Crippen LogP contribution in [0.3, 0.4) is 0 Å². The summed E-state index contributed by atoms with van der Waals surface area (Å²) in [6.45, 7) is 4.09. The molecule has 0 bridgehead atoms. The smallest absolute Gasteiger partial charge is 0.305 e. The van der Waals surface area contributed by atoms with Crippen molar-refractivity contribution >= 4 is 11.9 Å². The second-order valence-electron chi connectivity index (χ2n) is 9.91. The van der Waals surface area contributed by atoms with E-state index in [1.807, 2.05) is 0 Å². The summed E-state index contributed by atoms with van der Waals surface area (Å²) < 4.78 is 15.8. The fourth-order valence-electron chi connectivity index (χ4n) is 3.93. The molecule has 0 aromatic rings. The molecule has 1 saturated heterocycles. The number of carbonyl (C=O) groups excluding carboxylic acids is 2. The minimum atomic E-state index is -0.982. The highest BCUT2D eigenvalue weighted by molar-refractivity contribution is 5.69. The highest BCUT2D eigenvalue weighted by atomic mass is 16.6.